The van der Waals surface area contributed by atoms with Gasteiger partial charge in [0.15, 0.2) is 11.0 Å². The maximum absolute atomic E-state index is 14.5. The van der Waals surface area contributed by atoms with Crippen LogP contribution < -0.4 is 0 Å². The summed E-state index contributed by atoms with van der Waals surface area (Å²) in [5, 5.41) is 9.37. The van der Waals surface area contributed by atoms with Crippen molar-refractivity contribution in [3.63, 3.8) is 0 Å². The first kappa shape index (κ1) is 18.6. The Labute approximate surface area is 177 Å². The van der Waals surface area contributed by atoms with Gasteiger partial charge < -0.3 is 4.98 Å². The van der Waals surface area contributed by atoms with Gasteiger partial charge in [-0.3, -0.25) is 4.57 Å². The van der Waals surface area contributed by atoms with Crippen LogP contribution in [0.5, 0.6) is 0 Å². The van der Waals surface area contributed by atoms with Crippen molar-refractivity contribution in [1.29, 1.82) is 0 Å². The predicted molar refractivity (Wildman–Crippen MR) is 117 cm³/mol. The van der Waals surface area contributed by atoms with Crippen LogP contribution in [0.1, 0.15) is 11.4 Å². The minimum Gasteiger partial charge on any atom is -0.341 e. The van der Waals surface area contributed by atoms with E-state index in [0.29, 0.717) is 22.3 Å². The van der Waals surface area contributed by atoms with Gasteiger partial charge >= 0.3 is 0 Å². The van der Waals surface area contributed by atoms with E-state index >= 15 is 0 Å². The predicted octanol–water partition coefficient (Wildman–Crippen LogP) is 5.55. The molecule has 0 aliphatic rings. The van der Waals surface area contributed by atoms with Gasteiger partial charge in [-0.25, -0.2) is 9.37 Å². The number of imidazole rings is 1. The maximum Gasteiger partial charge on any atom is 0.196 e. The highest BCUT2D eigenvalue weighted by molar-refractivity contribution is 7.98. The van der Waals surface area contributed by atoms with Gasteiger partial charge in [-0.1, -0.05) is 53.7 Å². The Morgan fingerprint density at radius 3 is 2.50 bits per heavy atom. The van der Waals surface area contributed by atoms with Crippen LogP contribution >= 0.6 is 11.8 Å². The van der Waals surface area contributed by atoms with E-state index in [4.69, 9.17) is 0 Å². The lowest BCUT2D eigenvalue weighted by molar-refractivity contribution is 0.629. The molecular weight excluding hydrogens is 397 g/mol. The highest BCUT2D eigenvalue weighted by Gasteiger charge is 2.19. The topological polar surface area (TPSA) is 59.4 Å². The smallest absolute Gasteiger partial charge is 0.196 e. The van der Waals surface area contributed by atoms with Gasteiger partial charge in [0.1, 0.15) is 11.6 Å². The maximum atomic E-state index is 14.5. The van der Waals surface area contributed by atoms with Crippen molar-refractivity contribution in [1.82, 2.24) is 24.7 Å². The first-order valence-corrected chi connectivity index (χ1v) is 10.5. The number of aromatic nitrogens is 5. The third-order valence-electron chi connectivity index (χ3n) is 4.82. The number of nitrogens with zero attached hydrogens (tertiary/aromatic N) is 4. The van der Waals surface area contributed by atoms with E-state index in [0.717, 1.165) is 28.1 Å². The van der Waals surface area contributed by atoms with E-state index in [1.54, 1.807) is 18.2 Å². The van der Waals surface area contributed by atoms with Crippen LogP contribution in [0.15, 0.2) is 78.0 Å². The van der Waals surface area contributed by atoms with Crippen molar-refractivity contribution in [2.24, 2.45) is 0 Å². The number of fused-ring (bicyclic) bond motifs is 1. The summed E-state index contributed by atoms with van der Waals surface area (Å²) in [6, 6.07) is 22.6. The van der Waals surface area contributed by atoms with Crippen molar-refractivity contribution < 1.29 is 4.39 Å². The summed E-state index contributed by atoms with van der Waals surface area (Å²) in [6.45, 7) is 2.03. The Morgan fingerprint density at radius 1 is 0.933 bits per heavy atom. The van der Waals surface area contributed by atoms with Crippen LogP contribution in [-0.4, -0.2) is 24.7 Å². The fourth-order valence-electron chi connectivity index (χ4n) is 3.31. The van der Waals surface area contributed by atoms with E-state index in [2.05, 4.69) is 20.2 Å². The number of hydrogen-bond acceptors (Lipinski definition) is 4. The molecule has 5 aromatic rings. The second kappa shape index (κ2) is 7.76. The molecule has 1 N–H and O–H groups in total. The molecular formula is C23H18FN5S. The van der Waals surface area contributed by atoms with E-state index in [9.17, 15) is 4.39 Å². The number of aryl methyl sites for hydroxylation is 1. The third kappa shape index (κ3) is 3.48. The first-order chi connectivity index (χ1) is 14.7. The van der Waals surface area contributed by atoms with Crippen molar-refractivity contribution in [2.45, 2.75) is 17.8 Å². The van der Waals surface area contributed by atoms with E-state index in [1.165, 1.54) is 17.8 Å². The lowest BCUT2D eigenvalue weighted by Crippen LogP contribution is -2.01. The quantitative estimate of drug-likeness (QED) is 0.382. The number of aromatic amines is 1. The van der Waals surface area contributed by atoms with Gasteiger partial charge in [0, 0.05) is 5.69 Å². The number of rotatable bonds is 5. The number of halogens is 1. The number of thioether (sulfide) groups is 1. The summed E-state index contributed by atoms with van der Waals surface area (Å²) in [6.07, 6.45) is 0. The molecule has 0 atom stereocenters. The summed E-state index contributed by atoms with van der Waals surface area (Å²) in [4.78, 5) is 7.96. The average molecular weight is 415 g/mol. The van der Waals surface area contributed by atoms with E-state index < -0.39 is 0 Å². The molecule has 5 rings (SSSR count). The molecule has 0 unspecified atom stereocenters. The Kier molecular flexibility index (Phi) is 4.80. The zero-order chi connectivity index (χ0) is 20.5. The second-order valence-corrected chi connectivity index (χ2v) is 7.89. The average Bonchev–Trinajstić information content (AvgIpc) is 3.37. The SMILES string of the molecule is Cc1ccc(-n2c(SCc3nc4ccccc4[nH]3)nnc2-c2ccccc2F)cc1. The Morgan fingerprint density at radius 2 is 1.70 bits per heavy atom. The van der Waals surface area contributed by atoms with E-state index in [-0.39, 0.29) is 5.82 Å². The molecule has 0 aliphatic carbocycles. The molecule has 0 saturated heterocycles. The van der Waals surface area contributed by atoms with Crippen molar-refractivity contribution in [3.05, 3.63) is 90.0 Å². The first-order valence-electron chi connectivity index (χ1n) is 9.53. The number of para-hydroxylation sites is 2. The van der Waals surface area contributed by atoms with Gasteiger partial charge in [-0.15, -0.1) is 10.2 Å². The van der Waals surface area contributed by atoms with Crippen molar-refractivity contribution in [3.8, 4) is 17.1 Å². The van der Waals surface area contributed by atoms with Gasteiger partial charge in [0.05, 0.1) is 22.3 Å². The van der Waals surface area contributed by atoms with Gasteiger partial charge in [-0.05, 0) is 43.3 Å². The normalized spacial score (nSPS) is 11.3. The molecule has 148 valence electrons. The number of hydrogen-bond donors (Lipinski definition) is 1. The molecule has 30 heavy (non-hydrogen) atoms. The van der Waals surface area contributed by atoms with Gasteiger partial charge in [0.2, 0.25) is 0 Å². The molecule has 0 aliphatic heterocycles. The molecule has 0 radical (unpaired) electrons. The Bertz CT molecular complexity index is 1290. The molecule has 7 heteroatoms. The summed E-state index contributed by atoms with van der Waals surface area (Å²) in [7, 11) is 0. The van der Waals surface area contributed by atoms with Crippen LogP contribution in [0, 0.1) is 12.7 Å². The zero-order valence-corrected chi connectivity index (χ0v) is 17.0. The molecule has 0 spiro atoms. The van der Waals surface area contributed by atoms with E-state index in [1.807, 2.05) is 60.0 Å². The fraction of sp³-hybridized carbons (Fsp3) is 0.0870. The minimum atomic E-state index is -0.327. The number of benzene rings is 3. The second-order valence-electron chi connectivity index (χ2n) is 6.95. The van der Waals surface area contributed by atoms with Gasteiger partial charge in [-0.2, -0.15) is 0 Å². The molecule has 5 nitrogen and oxygen atoms in total. The van der Waals surface area contributed by atoms with Crippen molar-refractivity contribution in [2.75, 3.05) is 0 Å². The summed E-state index contributed by atoms with van der Waals surface area (Å²) >= 11 is 1.51. The molecule has 0 saturated carbocycles. The minimum absolute atomic E-state index is 0.327. The zero-order valence-electron chi connectivity index (χ0n) is 16.2. The highest BCUT2D eigenvalue weighted by atomic mass is 32.2. The third-order valence-corrected chi connectivity index (χ3v) is 5.76. The number of nitrogens with one attached hydrogen (secondary N) is 1. The molecule has 2 heterocycles. The molecule has 0 bridgehead atoms. The monoisotopic (exact) mass is 415 g/mol. The standard InChI is InChI=1S/C23H18FN5S/c1-15-10-12-16(13-11-15)29-22(17-6-2-3-7-18(17)24)27-28-23(29)30-14-21-25-19-8-4-5-9-20(19)26-21/h2-13H,14H2,1H3,(H,25,26). The van der Waals surface area contributed by atoms with Crippen LogP contribution in [0.25, 0.3) is 28.1 Å². The summed E-state index contributed by atoms with van der Waals surface area (Å²) in [5.74, 6) is 1.60. The number of H-pyrrole nitrogens is 1. The van der Waals surface area contributed by atoms with Crippen molar-refractivity contribution >= 4 is 22.8 Å². The van der Waals surface area contributed by atoms with Crippen LogP contribution in [-0.2, 0) is 5.75 Å². The molecule has 3 aromatic carbocycles. The largest absolute Gasteiger partial charge is 0.341 e. The molecule has 0 amide bonds. The fourth-order valence-corrected chi connectivity index (χ4v) is 4.14. The van der Waals surface area contributed by atoms with Crippen LogP contribution in [0.4, 0.5) is 4.39 Å². The summed E-state index contributed by atoms with van der Waals surface area (Å²) < 4.78 is 16.4. The lowest BCUT2D eigenvalue weighted by Gasteiger charge is -2.11. The Balaban J connectivity index is 1.54. The molecule has 2 aromatic heterocycles. The lowest BCUT2D eigenvalue weighted by atomic mass is 10.2. The van der Waals surface area contributed by atoms with Gasteiger partial charge in [0.25, 0.3) is 0 Å². The van der Waals surface area contributed by atoms with Crippen LogP contribution in [0.2, 0.25) is 0 Å². The molecule has 0 fully saturated rings. The van der Waals surface area contributed by atoms with Crippen LogP contribution in [0.3, 0.4) is 0 Å². The Hall–Kier alpha value is -3.45. The summed E-state index contributed by atoms with van der Waals surface area (Å²) in [5.41, 5.74) is 4.38. The highest BCUT2D eigenvalue weighted by Crippen LogP contribution is 2.31.